The molecule has 1 fully saturated rings. The van der Waals surface area contributed by atoms with Crippen LogP contribution in [0.5, 0.6) is 0 Å². The number of aliphatic imine (C=N–C) groups is 1. The lowest BCUT2D eigenvalue weighted by Gasteiger charge is -2.27. The average Bonchev–Trinajstić information content (AvgIpc) is 2.80. The van der Waals surface area contributed by atoms with E-state index in [1.165, 1.54) is 11.8 Å². The van der Waals surface area contributed by atoms with Gasteiger partial charge in [-0.15, -0.1) is 0 Å². The molecular formula is C25H28N6O. The zero-order valence-electron chi connectivity index (χ0n) is 18.3. The first-order valence-corrected chi connectivity index (χ1v) is 10.7. The number of anilines is 2. The second kappa shape index (κ2) is 10.2. The molecule has 0 atom stereocenters. The molecule has 1 saturated heterocycles. The predicted octanol–water partition coefficient (Wildman–Crippen LogP) is 4.03. The van der Waals surface area contributed by atoms with Crippen LogP contribution in [-0.4, -0.2) is 47.4 Å². The lowest BCUT2D eigenvalue weighted by Crippen LogP contribution is -2.35. The molecule has 3 aromatic rings. The second-order valence-corrected chi connectivity index (χ2v) is 7.77. The summed E-state index contributed by atoms with van der Waals surface area (Å²) in [5.41, 5.74) is 11.8. The molecule has 0 amide bonds. The van der Waals surface area contributed by atoms with E-state index in [-0.39, 0.29) is 0 Å². The van der Waals surface area contributed by atoms with Crippen molar-refractivity contribution in [3.63, 3.8) is 0 Å². The summed E-state index contributed by atoms with van der Waals surface area (Å²) >= 11 is 0. The number of aromatic nitrogens is 2. The Bertz CT molecular complexity index is 1160. The van der Waals surface area contributed by atoms with E-state index in [0.29, 0.717) is 5.95 Å². The van der Waals surface area contributed by atoms with Crippen molar-refractivity contribution in [3.8, 4) is 0 Å². The SMILES string of the molecule is C=C/N=C\C(=C/N)c1cc(CN2CCOCC2)cc(Nc2ncc3cc(C)ccc3n2)c1. The summed E-state index contributed by atoms with van der Waals surface area (Å²) in [5, 5.41) is 4.39. The molecule has 0 bridgehead atoms. The molecule has 1 aliphatic rings. The number of fused-ring (bicyclic) bond motifs is 1. The highest BCUT2D eigenvalue weighted by molar-refractivity contribution is 6.10. The molecule has 0 unspecified atom stereocenters. The molecule has 32 heavy (non-hydrogen) atoms. The summed E-state index contributed by atoms with van der Waals surface area (Å²) in [6, 6.07) is 12.4. The minimum atomic E-state index is 0.550. The standard InChI is InChI=1S/C25H28N6O/c1-3-27-15-22(14-26)20-11-19(17-31-6-8-32-9-7-31)12-23(13-20)29-25-28-16-21-10-18(2)4-5-24(21)30-25/h3-5,10-16H,1,6-9,17,26H2,2H3,(H,28,29,30)/b22-14+,27-15-. The van der Waals surface area contributed by atoms with Crippen LogP contribution in [0.3, 0.4) is 0 Å². The molecule has 2 aromatic carbocycles. The first-order chi connectivity index (χ1) is 15.6. The minimum absolute atomic E-state index is 0.550. The fourth-order valence-electron chi connectivity index (χ4n) is 3.73. The molecule has 1 aliphatic heterocycles. The van der Waals surface area contributed by atoms with E-state index in [0.717, 1.165) is 66.1 Å². The quantitative estimate of drug-likeness (QED) is 0.553. The van der Waals surface area contributed by atoms with Crippen LogP contribution in [0.4, 0.5) is 11.6 Å². The highest BCUT2D eigenvalue weighted by Crippen LogP contribution is 2.24. The highest BCUT2D eigenvalue weighted by Gasteiger charge is 2.13. The van der Waals surface area contributed by atoms with E-state index in [1.807, 2.05) is 18.3 Å². The van der Waals surface area contributed by atoms with Gasteiger partial charge in [0.2, 0.25) is 5.95 Å². The molecule has 7 heteroatoms. The van der Waals surface area contributed by atoms with Crippen LogP contribution in [0.2, 0.25) is 0 Å². The van der Waals surface area contributed by atoms with Gasteiger partial charge in [0.05, 0.1) is 18.7 Å². The van der Waals surface area contributed by atoms with Crippen molar-refractivity contribution in [2.24, 2.45) is 10.7 Å². The number of benzene rings is 2. The largest absolute Gasteiger partial charge is 0.404 e. The Morgan fingerprint density at radius 2 is 2.09 bits per heavy atom. The van der Waals surface area contributed by atoms with Gasteiger partial charge in [-0.25, -0.2) is 9.97 Å². The van der Waals surface area contributed by atoms with Gasteiger partial charge in [0.25, 0.3) is 0 Å². The molecule has 0 aliphatic carbocycles. The van der Waals surface area contributed by atoms with Gasteiger partial charge in [-0.3, -0.25) is 9.89 Å². The number of hydrogen-bond donors (Lipinski definition) is 2. The van der Waals surface area contributed by atoms with Crippen molar-refractivity contribution in [1.29, 1.82) is 0 Å². The van der Waals surface area contributed by atoms with E-state index in [2.05, 4.69) is 62.9 Å². The average molecular weight is 429 g/mol. The number of hydrogen-bond acceptors (Lipinski definition) is 7. The van der Waals surface area contributed by atoms with Crippen LogP contribution in [-0.2, 0) is 11.3 Å². The number of nitrogens with one attached hydrogen (secondary N) is 1. The fourth-order valence-corrected chi connectivity index (χ4v) is 3.73. The summed E-state index contributed by atoms with van der Waals surface area (Å²) in [5.74, 6) is 0.550. The Labute approximate surface area is 188 Å². The predicted molar refractivity (Wildman–Crippen MR) is 131 cm³/mol. The van der Waals surface area contributed by atoms with E-state index in [9.17, 15) is 0 Å². The van der Waals surface area contributed by atoms with Gasteiger partial charge in [-0.2, -0.15) is 0 Å². The Morgan fingerprint density at radius 3 is 2.88 bits per heavy atom. The monoisotopic (exact) mass is 428 g/mol. The van der Waals surface area contributed by atoms with Crippen molar-refractivity contribution >= 4 is 34.3 Å². The van der Waals surface area contributed by atoms with Gasteiger partial charge in [0.1, 0.15) is 0 Å². The number of nitrogens with two attached hydrogens (primary N) is 1. The third-order valence-corrected chi connectivity index (χ3v) is 5.33. The topological polar surface area (TPSA) is 88.7 Å². The molecule has 7 nitrogen and oxygen atoms in total. The molecular weight excluding hydrogens is 400 g/mol. The van der Waals surface area contributed by atoms with Crippen molar-refractivity contribution in [2.75, 3.05) is 31.6 Å². The van der Waals surface area contributed by atoms with Gasteiger partial charge in [0, 0.05) is 61.1 Å². The summed E-state index contributed by atoms with van der Waals surface area (Å²) in [6.45, 7) is 9.87. The fraction of sp³-hybridized carbons (Fsp3) is 0.240. The molecule has 2 heterocycles. The maximum Gasteiger partial charge on any atom is 0.227 e. The van der Waals surface area contributed by atoms with E-state index in [4.69, 9.17) is 10.5 Å². The van der Waals surface area contributed by atoms with Crippen LogP contribution in [0, 0.1) is 6.92 Å². The normalized spacial score (nSPS) is 15.3. The van der Waals surface area contributed by atoms with Crippen molar-refractivity contribution in [3.05, 3.63) is 78.3 Å². The van der Waals surface area contributed by atoms with Crippen molar-refractivity contribution in [2.45, 2.75) is 13.5 Å². The van der Waals surface area contributed by atoms with Gasteiger partial charge < -0.3 is 15.8 Å². The third-order valence-electron chi connectivity index (χ3n) is 5.33. The smallest absolute Gasteiger partial charge is 0.227 e. The summed E-state index contributed by atoms with van der Waals surface area (Å²) in [7, 11) is 0. The summed E-state index contributed by atoms with van der Waals surface area (Å²) in [4.78, 5) is 15.7. The minimum Gasteiger partial charge on any atom is -0.404 e. The van der Waals surface area contributed by atoms with E-state index in [1.54, 1.807) is 12.4 Å². The number of rotatable bonds is 7. The maximum atomic E-state index is 5.90. The van der Waals surface area contributed by atoms with E-state index < -0.39 is 0 Å². The lowest BCUT2D eigenvalue weighted by atomic mass is 10.0. The van der Waals surface area contributed by atoms with Crippen LogP contribution < -0.4 is 11.1 Å². The van der Waals surface area contributed by atoms with Crippen LogP contribution in [0.25, 0.3) is 16.5 Å². The highest BCUT2D eigenvalue weighted by atomic mass is 16.5. The number of nitrogens with zero attached hydrogens (tertiary/aromatic N) is 4. The summed E-state index contributed by atoms with van der Waals surface area (Å²) < 4.78 is 5.48. The molecule has 0 saturated carbocycles. The zero-order valence-corrected chi connectivity index (χ0v) is 18.3. The Kier molecular flexibility index (Phi) is 6.89. The first-order valence-electron chi connectivity index (χ1n) is 10.7. The maximum absolute atomic E-state index is 5.90. The lowest BCUT2D eigenvalue weighted by molar-refractivity contribution is 0.0342. The zero-order chi connectivity index (χ0) is 22.3. The molecule has 164 valence electrons. The number of aryl methyl sites for hydroxylation is 1. The third kappa shape index (κ3) is 5.38. The Morgan fingerprint density at radius 1 is 1.25 bits per heavy atom. The van der Waals surface area contributed by atoms with Crippen LogP contribution in [0.1, 0.15) is 16.7 Å². The van der Waals surface area contributed by atoms with Gasteiger partial charge in [-0.1, -0.05) is 18.2 Å². The van der Waals surface area contributed by atoms with E-state index >= 15 is 0 Å². The second-order valence-electron chi connectivity index (χ2n) is 7.77. The Hall–Kier alpha value is -3.55. The first kappa shape index (κ1) is 21.7. The van der Waals surface area contributed by atoms with Gasteiger partial charge in [-0.05, 0) is 48.4 Å². The number of morpholine rings is 1. The molecule has 0 radical (unpaired) electrons. The number of ether oxygens (including phenoxy) is 1. The van der Waals surface area contributed by atoms with Crippen molar-refractivity contribution in [1.82, 2.24) is 14.9 Å². The van der Waals surface area contributed by atoms with Crippen LogP contribution in [0.15, 0.2) is 66.6 Å². The molecule has 0 spiro atoms. The van der Waals surface area contributed by atoms with Gasteiger partial charge >= 0.3 is 0 Å². The number of allylic oxidation sites excluding steroid dienone is 1. The van der Waals surface area contributed by atoms with Crippen LogP contribution >= 0.6 is 0 Å². The molecule has 4 rings (SSSR count). The molecule has 3 N–H and O–H groups in total. The Balaban J connectivity index is 1.66. The summed E-state index contributed by atoms with van der Waals surface area (Å²) in [6.07, 6.45) is 6.60. The van der Waals surface area contributed by atoms with Gasteiger partial charge in [0.15, 0.2) is 0 Å². The molecule has 1 aromatic heterocycles. The van der Waals surface area contributed by atoms with Crippen molar-refractivity contribution < 1.29 is 4.74 Å².